The van der Waals surface area contributed by atoms with Gasteiger partial charge < -0.3 is 16.2 Å². The van der Waals surface area contributed by atoms with E-state index in [0.29, 0.717) is 12.1 Å². The molecule has 0 aliphatic rings. The number of nitrogens with zero attached hydrogens (tertiary/aromatic N) is 1. The van der Waals surface area contributed by atoms with E-state index in [1.165, 1.54) is 12.1 Å². The lowest BCUT2D eigenvalue weighted by Crippen LogP contribution is -2.12. The Morgan fingerprint density at radius 2 is 1.87 bits per heavy atom. The summed E-state index contributed by atoms with van der Waals surface area (Å²) in [5.74, 6) is -0.642. The van der Waals surface area contributed by atoms with Crippen molar-refractivity contribution in [3.8, 4) is 0 Å². The number of nitrogen functional groups attached to an aromatic ring is 2. The third-order valence-electron chi connectivity index (χ3n) is 3.39. The molecule has 0 bridgehead atoms. The quantitative estimate of drug-likeness (QED) is 0.378. The predicted molar refractivity (Wildman–Crippen MR) is 86.8 cm³/mol. The average molecular weight is 315 g/mol. The Morgan fingerprint density at radius 1 is 1.22 bits per heavy atom. The molecule has 0 radical (unpaired) electrons. The maximum absolute atomic E-state index is 12.2. The lowest BCUT2D eigenvalue weighted by molar-refractivity contribution is -0.383. The zero-order valence-corrected chi connectivity index (χ0v) is 12.6. The molecule has 7 nitrogen and oxygen atoms in total. The minimum atomic E-state index is -0.642. The highest BCUT2D eigenvalue weighted by molar-refractivity contribution is 5.91. The van der Waals surface area contributed by atoms with E-state index in [4.69, 9.17) is 16.2 Å². The number of nitro groups is 1. The lowest BCUT2D eigenvalue weighted by Gasteiger charge is -2.17. The molecule has 0 spiro atoms. The molecule has 0 aliphatic carbocycles. The number of nitrogens with two attached hydrogens (primary N) is 2. The summed E-state index contributed by atoms with van der Waals surface area (Å²) in [6.45, 7) is 1.87. The van der Waals surface area contributed by atoms with Gasteiger partial charge in [-0.1, -0.05) is 19.1 Å². The van der Waals surface area contributed by atoms with Crippen molar-refractivity contribution in [2.45, 2.75) is 19.4 Å². The smallest absolute Gasteiger partial charge is 0.338 e. The number of benzene rings is 2. The summed E-state index contributed by atoms with van der Waals surface area (Å²) in [4.78, 5) is 22.5. The summed E-state index contributed by atoms with van der Waals surface area (Å²) >= 11 is 0. The molecule has 0 fully saturated rings. The second-order valence-corrected chi connectivity index (χ2v) is 5.00. The molecule has 0 saturated carbocycles. The Balaban J connectivity index is 2.21. The number of anilines is 2. The van der Waals surface area contributed by atoms with Gasteiger partial charge in [0.1, 0.15) is 11.8 Å². The van der Waals surface area contributed by atoms with Crippen LogP contribution in [0.15, 0.2) is 42.5 Å². The van der Waals surface area contributed by atoms with Crippen LogP contribution in [-0.2, 0) is 4.74 Å². The highest BCUT2D eigenvalue weighted by atomic mass is 16.6. The van der Waals surface area contributed by atoms with Crippen LogP contribution in [0.1, 0.15) is 35.4 Å². The standard InChI is InChI=1S/C16H17N3O4/c1-2-15(10-3-6-12(17)7-4-10)23-16(20)11-5-8-13(18)14(9-11)19(21)22/h3-9,15H,2,17-18H2,1H3. The van der Waals surface area contributed by atoms with Gasteiger partial charge in [-0.15, -0.1) is 0 Å². The summed E-state index contributed by atoms with van der Waals surface area (Å²) in [6.07, 6.45) is 0.104. The molecule has 0 aliphatic heterocycles. The number of hydrogen-bond acceptors (Lipinski definition) is 6. The number of esters is 1. The fraction of sp³-hybridized carbons (Fsp3) is 0.188. The van der Waals surface area contributed by atoms with Gasteiger partial charge in [0, 0.05) is 11.8 Å². The topological polar surface area (TPSA) is 121 Å². The number of ether oxygens (including phenoxy) is 1. The van der Waals surface area contributed by atoms with Crippen molar-refractivity contribution >= 4 is 23.0 Å². The first-order chi connectivity index (χ1) is 10.9. The van der Waals surface area contributed by atoms with Crippen molar-refractivity contribution in [3.05, 3.63) is 63.7 Å². The summed E-state index contributed by atoms with van der Waals surface area (Å²) in [6, 6.07) is 10.8. The Hall–Kier alpha value is -3.09. The summed E-state index contributed by atoms with van der Waals surface area (Å²) < 4.78 is 5.44. The van der Waals surface area contributed by atoms with Gasteiger partial charge >= 0.3 is 5.97 Å². The van der Waals surface area contributed by atoms with Crippen LogP contribution >= 0.6 is 0 Å². The van der Waals surface area contributed by atoms with Gasteiger partial charge in [-0.05, 0) is 36.2 Å². The lowest BCUT2D eigenvalue weighted by atomic mass is 10.1. The van der Waals surface area contributed by atoms with Crippen LogP contribution < -0.4 is 11.5 Å². The van der Waals surface area contributed by atoms with Crippen molar-refractivity contribution in [2.24, 2.45) is 0 Å². The average Bonchev–Trinajstić information content (AvgIpc) is 2.53. The predicted octanol–water partition coefficient (Wildman–Crippen LogP) is 3.07. The van der Waals surface area contributed by atoms with Gasteiger partial charge in [-0.2, -0.15) is 0 Å². The Bertz CT molecular complexity index is 729. The molecule has 0 amide bonds. The first-order valence-corrected chi connectivity index (χ1v) is 7.02. The second kappa shape index (κ2) is 6.78. The van der Waals surface area contributed by atoms with Crippen LogP contribution in [0, 0.1) is 10.1 Å². The van der Waals surface area contributed by atoms with Gasteiger partial charge in [0.05, 0.1) is 10.5 Å². The minimum Gasteiger partial charge on any atom is -0.454 e. The van der Waals surface area contributed by atoms with Crippen LogP contribution in [0.5, 0.6) is 0 Å². The number of carbonyl (C=O) groups is 1. The van der Waals surface area contributed by atoms with Crippen LogP contribution in [0.3, 0.4) is 0 Å². The molecule has 1 atom stereocenters. The number of rotatable bonds is 5. The minimum absolute atomic E-state index is 0.00266. The van der Waals surface area contributed by atoms with Gasteiger partial charge in [0.2, 0.25) is 0 Å². The molecule has 0 aromatic heterocycles. The molecule has 0 saturated heterocycles. The Kier molecular flexibility index (Phi) is 4.80. The van der Waals surface area contributed by atoms with Gasteiger partial charge in [0.25, 0.3) is 5.69 Å². The molecule has 7 heteroatoms. The zero-order chi connectivity index (χ0) is 17.0. The maximum Gasteiger partial charge on any atom is 0.338 e. The normalized spacial score (nSPS) is 11.7. The fourth-order valence-corrected chi connectivity index (χ4v) is 2.12. The van der Waals surface area contributed by atoms with Crippen LogP contribution in [0.4, 0.5) is 17.1 Å². The zero-order valence-electron chi connectivity index (χ0n) is 12.6. The van der Waals surface area contributed by atoms with Crippen molar-refractivity contribution in [2.75, 3.05) is 11.5 Å². The SMILES string of the molecule is CCC(OC(=O)c1ccc(N)c([N+](=O)[O-])c1)c1ccc(N)cc1. The Morgan fingerprint density at radius 3 is 2.43 bits per heavy atom. The first kappa shape index (κ1) is 16.3. The van der Waals surface area contributed by atoms with E-state index in [0.717, 1.165) is 11.6 Å². The molecule has 120 valence electrons. The molecule has 2 rings (SSSR count). The van der Waals surface area contributed by atoms with Gasteiger partial charge in [0.15, 0.2) is 0 Å². The molecule has 1 unspecified atom stereocenters. The van der Waals surface area contributed by atoms with E-state index in [2.05, 4.69) is 0 Å². The van der Waals surface area contributed by atoms with Crippen LogP contribution in [0.25, 0.3) is 0 Å². The molecule has 2 aromatic carbocycles. The molecule has 4 N–H and O–H groups in total. The summed E-state index contributed by atoms with van der Waals surface area (Å²) in [5, 5.41) is 10.9. The number of nitro benzene ring substituents is 1. The largest absolute Gasteiger partial charge is 0.454 e. The van der Waals surface area contributed by atoms with E-state index < -0.39 is 17.0 Å². The number of hydrogen-bond donors (Lipinski definition) is 2. The molecule has 23 heavy (non-hydrogen) atoms. The number of carbonyl (C=O) groups excluding carboxylic acids is 1. The highest BCUT2D eigenvalue weighted by Crippen LogP contribution is 2.26. The summed E-state index contributed by atoms with van der Waals surface area (Å²) in [5.41, 5.74) is 12.3. The van der Waals surface area contributed by atoms with Gasteiger partial charge in [-0.25, -0.2) is 4.79 Å². The van der Waals surface area contributed by atoms with E-state index >= 15 is 0 Å². The molecular weight excluding hydrogens is 298 g/mol. The van der Waals surface area contributed by atoms with E-state index in [9.17, 15) is 14.9 Å². The first-order valence-electron chi connectivity index (χ1n) is 7.02. The maximum atomic E-state index is 12.2. The van der Waals surface area contributed by atoms with Crippen LogP contribution in [0.2, 0.25) is 0 Å². The van der Waals surface area contributed by atoms with Crippen molar-refractivity contribution in [1.29, 1.82) is 0 Å². The third kappa shape index (κ3) is 3.76. The van der Waals surface area contributed by atoms with Crippen LogP contribution in [-0.4, -0.2) is 10.9 Å². The summed E-state index contributed by atoms with van der Waals surface area (Å²) in [7, 11) is 0. The Labute approximate surface area is 133 Å². The third-order valence-corrected chi connectivity index (χ3v) is 3.39. The van der Waals surface area contributed by atoms with Crippen molar-refractivity contribution < 1.29 is 14.5 Å². The molecule has 2 aromatic rings. The monoisotopic (exact) mass is 315 g/mol. The highest BCUT2D eigenvalue weighted by Gasteiger charge is 2.20. The van der Waals surface area contributed by atoms with Gasteiger partial charge in [-0.3, -0.25) is 10.1 Å². The second-order valence-electron chi connectivity index (χ2n) is 5.00. The van der Waals surface area contributed by atoms with Crippen molar-refractivity contribution in [3.63, 3.8) is 0 Å². The molecular formula is C16H17N3O4. The fourth-order valence-electron chi connectivity index (χ4n) is 2.12. The van der Waals surface area contributed by atoms with Crippen molar-refractivity contribution in [1.82, 2.24) is 0 Å². The van der Waals surface area contributed by atoms with E-state index in [1.54, 1.807) is 24.3 Å². The van der Waals surface area contributed by atoms with E-state index in [-0.39, 0.29) is 16.9 Å². The molecule has 0 heterocycles. The van der Waals surface area contributed by atoms with E-state index in [1.807, 2.05) is 6.92 Å².